The third-order valence-electron chi connectivity index (χ3n) is 2.03. The van der Waals surface area contributed by atoms with Crippen LogP contribution in [-0.4, -0.2) is 20.7 Å². The number of rotatable bonds is 3. The molecule has 1 aromatic carbocycles. The third kappa shape index (κ3) is 3.45. The molecule has 5 heteroatoms. The van der Waals surface area contributed by atoms with Crippen molar-refractivity contribution in [2.75, 3.05) is 5.94 Å². The van der Waals surface area contributed by atoms with E-state index >= 15 is 0 Å². The molecule has 82 valence electrons. The average molecular weight is 228 g/mol. The number of hydrogen-bond donors (Lipinski definition) is 1. The molecule has 0 spiro atoms. The van der Waals surface area contributed by atoms with Gasteiger partial charge in [0, 0.05) is 0 Å². The Morgan fingerprint density at radius 3 is 2.60 bits per heavy atom. The number of aryl methyl sites for hydroxylation is 2. The number of esters is 1. The molecule has 0 bridgehead atoms. The zero-order valence-corrected chi connectivity index (χ0v) is 9.34. The number of benzene rings is 1. The van der Waals surface area contributed by atoms with Crippen LogP contribution in [-0.2, 0) is 15.8 Å². The molecular weight excluding hydrogens is 216 g/mol. The van der Waals surface area contributed by atoms with Gasteiger partial charge in [0.15, 0.2) is 17.0 Å². The van der Waals surface area contributed by atoms with Crippen LogP contribution in [0.2, 0.25) is 0 Å². The van der Waals surface area contributed by atoms with Gasteiger partial charge < -0.3 is 9.29 Å². The molecule has 0 saturated carbocycles. The number of hydrogen-bond acceptors (Lipinski definition) is 3. The van der Waals surface area contributed by atoms with Gasteiger partial charge >= 0.3 is 5.97 Å². The Hall–Kier alpha value is -1.20. The molecule has 0 fully saturated rings. The SMILES string of the molecule is Cc1ccc(C(=O)OCS(=O)O)cc1C. The van der Waals surface area contributed by atoms with Crippen LogP contribution in [0, 0.1) is 13.8 Å². The van der Waals surface area contributed by atoms with Crippen LogP contribution in [0.3, 0.4) is 0 Å². The van der Waals surface area contributed by atoms with Crippen molar-refractivity contribution in [1.29, 1.82) is 0 Å². The fraction of sp³-hybridized carbons (Fsp3) is 0.300. The van der Waals surface area contributed by atoms with E-state index in [1.165, 1.54) is 0 Å². The molecule has 0 saturated heterocycles. The first-order valence-electron chi connectivity index (χ1n) is 4.32. The molecule has 1 rings (SSSR count). The van der Waals surface area contributed by atoms with Gasteiger partial charge in [0.05, 0.1) is 5.56 Å². The molecule has 1 N–H and O–H groups in total. The molecule has 1 unspecified atom stereocenters. The van der Waals surface area contributed by atoms with E-state index in [1.807, 2.05) is 19.9 Å². The molecule has 0 aliphatic heterocycles. The Morgan fingerprint density at radius 1 is 1.40 bits per heavy atom. The van der Waals surface area contributed by atoms with Crippen LogP contribution in [0.25, 0.3) is 0 Å². The largest absolute Gasteiger partial charge is 0.446 e. The van der Waals surface area contributed by atoms with Crippen molar-refractivity contribution in [3.8, 4) is 0 Å². The minimum atomic E-state index is -2.11. The molecule has 0 aromatic heterocycles. The Kier molecular flexibility index (Phi) is 3.99. The topological polar surface area (TPSA) is 63.6 Å². The van der Waals surface area contributed by atoms with Gasteiger partial charge in [-0.15, -0.1) is 0 Å². The van der Waals surface area contributed by atoms with Crippen molar-refractivity contribution in [1.82, 2.24) is 0 Å². The fourth-order valence-electron chi connectivity index (χ4n) is 1.06. The van der Waals surface area contributed by atoms with E-state index in [2.05, 4.69) is 4.74 Å². The maximum absolute atomic E-state index is 11.3. The summed E-state index contributed by atoms with van der Waals surface area (Å²) in [5.41, 5.74) is 2.45. The Balaban J connectivity index is 2.74. The molecular formula is C10H12O4S. The highest BCUT2D eigenvalue weighted by Gasteiger charge is 2.08. The van der Waals surface area contributed by atoms with E-state index in [1.54, 1.807) is 12.1 Å². The van der Waals surface area contributed by atoms with E-state index in [0.717, 1.165) is 11.1 Å². The van der Waals surface area contributed by atoms with Gasteiger partial charge in [-0.1, -0.05) is 6.07 Å². The summed E-state index contributed by atoms with van der Waals surface area (Å²) in [6, 6.07) is 5.13. The van der Waals surface area contributed by atoms with Crippen molar-refractivity contribution >= 4 is 17.0 Å². The molecule has 1 atom stereocenters. The predicted molar refractivity (Wildman–Crippen MR) is 57.0 cm³/mol. The molecule has 0 aliphatic rings. The van der Waals surface area contributed by atoms with Gasteiger partial charge in [-0.05, 0) is 37.1 Å². The van der Waals surface area contributed by atoms with Crippen LogP contribution in [0.15, 0.2) is 18.2 Å². The molecule has 4 nitrogen and oxygen atoms in total. The monoisotopic (exact) mass is 228 g/mol. The lowest BCUT2D eigenvalue weighted by molar-refractivity contribution is 0.0570. The first kappa shape index (κ1) is 11.9. The Labute approximate surface area is 90.5 Å². The van der Waals surface area contributed by atoms with Crippen molar-refractivity contribution in [2.45, 2.75) is 13.8 Å². The van der Waals surface area contributed by atoms with Crippen LogP contribution in [0.1, 0.15) is 21.5 Å². The van der Waals surface area contributed by atoms with Gasteiger partial charge in [-0.2, -0.15) is 0 Å². The van der Waals surface area contributed by atoms with Crippen molar-refractivity contribution in [2.24, 2.45) is 0 Å². The molecule has 0 amide bonds. The second-order valence-corrected chi connectivity index (χ2v) is 4.05. The van der Waals surface area contributed by atoms with Crippen LogP contribution >= 0.6 is 0 Å². The zero-order valence-electron chi connectivity index (χ0n) is 8.52. The summed E-state index contributed by atoms with van der Waals surface area (Å²) in [5.74, 6) is -1.08. The molecule has 0 aliphatic carbocycles. The second kappa shape index (κ2) is 5.04. The summed E-state index contributed by atoms with van der Waals surface area (Å²) in [6.45, 7) is 3.82. The van der Waals surface area contributed by atoms with Crippen LogP contribution in [0.5, 0.6) is 0 Å². The first-order valence-corrected chi connectivity index (χ1v) is 5.60. The minimum absolute atomic E-state index is 0.392. The summed E-state index contributed by atoms with van der Waals surface area (Å²) >= 11 is -2.11. The normalized spacial score (nSPS) is 12.2. The van der Waals surface area contributed by atoms with E-state index in [9.17, 15) is 9.00 Å². The summed E-state index contributed by atoms with van der Waals surface area (Å²) in [5, 5.41) is 0. The Bertz CT molecular complexity index is 400. The zero-order chi connectivity index (χ0) is 11.4. The smallest absolute Gasteiger partial charge is 0.339 e. The van der Waals surface area contributed by atoms with Gasteiger partial charge in [-0.25, -0.2) is 9.00 Å². The number of ether oxygens (including phenoxy) is 1. The van der Waals surface area contributed by atoms with E-state index in [0.29, 0.717) is 5.56 Å². The molecule has 0 heterocycles. The van der Waals surface area contributed by atoms with Crippen LogP contribution in [0.4, 0.5) is 0 Å². The number of carbonyl (C=O) groups excluding carboxylic acids is 1. The highest BCUT2D eigenvalue weighted by Crippen LogP contribution is 2.10. The van der Waals surface area contributed by atoms with Crippen molar-refractivity contribution < 1.29 is 18.3 Å². The average Bonchev–Trinajstić information content (AvgIpc) is 2.18. The predicted octanol–water partition coefficient (Wildman–Crippen LogP) is 1.64. The molecule has 15 heavy (non-hydrogen) atoms. The third-order valence-corrected chi connectivity index (χ3v) is 2.35. The van der Waals surface area contributed by atoms with E-state index < -0.39 is 23.0 Å². The van der Waals surface area contributed by atoms with Gasteiger partial charge in [0.25, 0.3) is 0 Å². The van der Waals surface area contributed by atoms with Crippen molar-refractivity contribution in [3.63, 3.8) is 0 Å². The van der Waals surface area contributed by atoms with Gasteiger partial charge in [0.1, 0.15) is 0 Å². The molecule has 0 radical (unpaired) electrons. The maximum Gasteiger partial charge on any atom is 0.339 e. The lowest BCUT2D eigenvalue weighted by atomic mass is 10.1. The molecule has 1 aromatic rings. The summed E-state index contributed by atoms with van der Waals surface area (Å²) in [6.07, 6.45) is 0. The Morgan fingerprint density at radius 2 is 2.07 bits per heavy atom. The lowest BCUT2D eigenvalue weighted by Crippen LogP contribution is -2.09. The van der Waals surface area contributed by atoms with Gasteiger partial charge in [-0.3, -0.25) is 0 Å². The standard InChI is InChI=1S/C10H12O4S/c1-7-3-4-9(5-8(7)2)10(11)14-6-15(12)13/h3-5H,6H2,1-2H3,(H,12,13). The van der Waals surface area contributed by atoms with E-state index in [4.69, 9.17) is 4.55 Å². The number of carbonyl (C=O) groups is 1. The van der Waals surface area contributed by atoms with Crippen LogP contribution < -0.4 is 0 Å². The lowest BCUT2D eigenvalue weighted by Gasteiger charge is -2.04. The minimum Gasteiger partial charge on any atom is -0.446 e. The summed E-state index contributed by atoms with van der Waals surface area (Å²) in [7, 11) is 0. The first-order chi connectivity index (χ1) is 7.00. The highest BCUT2D eigenvalue weighted by molar-refractivity contribution is 7.79. The second-order valence-electron chi connectivity index (χ2n) is 3.17. The van der Waals surface area contributed by atoms with E-state index in [-0.39, 0.29) is 0 Å². The van der Waals surface area contributed by atoms with Crippen molar-refractivity contribution in [3.05, 3.63) is 34.9 Å². The quantitative estimate of drug-likeness (QED) is 0.631. The maximum atomic E-state index is 11.3. The summed E-state index contributed by atoms with van der Waals surface area (Å²) < 4.78 is 23.3. The highest BCUT2D eigenvalue weighted by atomic mass is 32.2. The fourth-order valence-corrected chi connectivity index (χ4v) is 1.26. The van der Waals surface area contributed by atoms with Gasteiger partial charge in [0.2, 0.25) is 0 Å². The summed E-state index contributed by atoms with van der Waals surface area (Å²) in [4.78, 5) is 11.3.